The van der Waals surface area contributed by atoms with Crippen LogP contribution in [0, 0.1) is 17.8 Å². The Labute approximate surface area is 162 Å². The first-order valence-corrected chi connectivity index (χ1v) is 9.06. The highest BCUT2D eigenvalue weighted by Crippen LogP contribution is 2.35. The topological polar surface area (TPSA) is 30.5 Å². The van der Waals surface area contributed by atoms with E-state index in [0.717, 1.165) is 25.2 Å². The standard InChI is InChI=1S/C22H22F3NO2/c1-15-13-26-14-19(15)17-7-10-20(27-2)21(12-17)28-11-3-4-16-5-8-18(9-6-16)22(23,24)25/h5-10,12,15,19,26H,11,13-14H2,1-2H3/t15-,19+/m1/s1. The molecule has 3 rings (SSSR count). The Balaban J connectivity index is 1.67. The minimum Gasteiger partial charge on any atom is -0.493 e. The molecule has 0 aromatic heterocycles. The number of rotatable bonds is 4. The summed E-state index contributed by atoms with van der Waals surface area (Å²) >= 11 is 0. The molecule has 1 fully saturated rings. The zero-order valence-electron chi connectivity index (χ0n) is 15.8. The van der Waals surface area contributed by atoms with Gasteiger partial charge in [-0.2, -0.15) is 13.2 Å². The van der Waals surface area contributed by atoms with E-state index in [0.29, 0.717) is 28.9 Å². The van der Waals surface area contributed by atoms with Crippen molar-refractivity contribution in [3.8, 4) is 23.3 Å². The summed E-state index contributed by atoms with van der Waals surface area (Å²) in [5.41, 5.74) is 0.999. The molecule has 0 unspecified atom stereocenters. The van der Waals surface area contributed by atoms with Gasteiger partial charge in [0.1, 0.15) is 6.61 Å². The molecule has 1 heterocycles. The SMILES string of the molecule is COc1ccc([C@H]2CNC[C@H]2C)cc1OCC#Cc1ccc(C(F)(F)F)cc1. The fourth-order valence-electron chi connectivity index (χ4n) is 3.29. The molecule has 1 saturated heterocycles. The molecule has 28 heavy (non-hydrogen) atoms. The van der Waals surface area contributed by atoms with Crippen LogP contribution in [0.25, 0.3) is 0 Å². The number of benzene rings is 2. The summed E-state index contributed by atoms with van der Waals surface area (Å²) in [4.78, 5) is 0. The van der Waals surface area contributed by atoms with Crippen LogP contribution in [0.4, 0.5) is 13.2 Å². The lowest BCUT2D eigenvalue weighted by Crippen LogP contribution is -2.08. The summed E-state index contributed by atoms with van der Waals surface area (Å²) in [6.45, 7) is 4.25. The van der Waals surface area contributed by atoms with E-state index in [-0.39, 0.29) is 6.61 Å². The highest BCUT2D eigenvalue weighted by molar-refractivity contribution is 5.45. The van der Waals surface area contributed by atoms with Crippen molar-refractivity contribution in [3.63, 3.8) is 0 Å². The van der Waals surface area contributed by atoms with Gasteiger partial charge < -0.3 is 14.8 Å². The van der Waals surface area contributed by atoms with E-state index in [9.17, 15) is 13.2 Å². The van der Waals surface area contributed by atoms with Gasteiger partial charge in [0.15, 0.2) is 11.5 Å². The summed E-state index contributed by atoms with van der Waals surface area (Å²) in [5.74, 6) is 7.85. The molecule has 1 aliphatic rings. The number of nitrogens with one attached hydrogen (secondary N) is 1. The van der Waals surface area contributed by atoms with Gasteiger partial charge >= 0.3 is 6.18 Å². The molecule has 6 heteroatoms. The van der Waals surface area contributed by atoms with E-state index in [1.807, 2.05) is 18.2 Å². The maximum Gasteiger partial charge on any atom is 0.416 e. The first-order chi connectivity index (χ1) is 13.4. The van der Waals surface area contributed by atoms with Crippen molar-refractivity contribution in [2.45, 2.75) is 19.0 Å². The molecule has 0 aliphatic carbocycles. The molecule has 1 N–H and O–H groups in total. The molecule has 2 aromatic rings. The van der Waals surface area contributed by atoms with Gasteiger partial charge in [-0.3, -0.25) is 0 Å². The Kier molecular flexibility index (Phi) is 6.15. The maximum atomic E-state index is 12.6. The third kappa shape index (κ3) is 4.79. The van der Waals surface area contributed by atoms with Crippen molar-refractivity contribution in [3.05, 3.63) is 59.2 Å². The highest BCUT2D eigenvalue weighted by Gasteiger charge is 2.29. The summed E-state index contributed by atoms with van der Waals surface area (Å²) in [6, 6.07) is 10.7. The van der Waals surface area contributed by atoms with Crippen LogP contribution in [0.5, 0.6) is 11.5 Å². The predicted molar refractivity (Wildman–Crippen MR) is 102 cm³/mol. The Morgan fingerprint density at radius 2 is 1.82 bits per heavy atom. The van der Waals surface area contributed by atoms with E-state index < -0.39 is 11.7 Å². The Hall–Kier alpha value is -2.65. The van der Waals surface area contributed by atoms with Crippen LogP contribution < -0.4 is 14.8 Å². The summed E-state index contributed by atoms with van der Waals surface area (Å²) < 4.78 is 48.9. The van der Waals surface area contributed by atoms with Crippen LogP contribution in [-0.2, 0) is 6.18 Å². The fraction of sp³-hybridized carbons (Fsp3) is 0.364. The molecule has 0 amide bonds. The minimum atomic E-state index is -4.34. The Morgan fingerprint density at radius 1 is 1.07 bits per heavy atom. The van der Waals surface area contributed by atoms with Crippen LogP contribution in [-0.4, -0.2) is 26.8 Å². The van der Waals surface area contributed by atoms with Crippen molar-refractivity contribution in [2.75, 3.05) is 26.8 Å². The minimum absolute atomic E-state index is 0.110. The smallest absolute Gasteiger partial charge is 0.416 e. The van der Waals surface area contributed by atoms with Gasteiger partial charge in [0, 0.05) is 18.0 Å². The van der Waals surface area contributed by atoms with Gasteiger partial charge in [0.2, 0.25) is 0 Å². The highest BCUT2D eigenvalue weighted by atomic mass is 19.4. The van der Waals surface area contributed by atoms with Gasteiger partial charge in [0.25, 0.3) is 0 Å². The Morgan fingerprint density at radius 3 is 2.43 bits per heavy atom. The second-order valence-corrected chi connectivity index (χ2v) is 6.82. The number of ether oxygens (including phenoxy) is 2. The molecule has 0 spiro atoms. The monoisotopic (exact) mass is 389 g/mol. The van der Waals surface area contributed by atoms with Crippen molar-refractivity contribution in [1.29, 1.82) is 0 Å². The van der Waals surface area contributed by atoms with E-state index in [1.54, 1.807) is 7.11 Å². The third-order valence-electron chi connectivity index (χ3n) is 4.88. The van der Waals surface area contributed by atoms with Crippen molar-refractivity contribution in [2.24, 2.45) is 5.92 Å². The zero-order valence-corrected chi connectivity index (χ0v) is 15.8. The molecule has 0 bridgehead atoms. The third-order valence-corrected chi connectivity index (χ3v) is 4.88. The first kappa shape index (κ1) is 20.1. The lowest BCUT2D eigenvalue weighted by molar-refractivity contribution is -0.137. The number of methoxy groups -OCH3 is 1. The van der Waals surface area contributed by atoms with Crippen LogP contribution >= 0.6 is 0 Å². The average Bonchev–Trinajstić information content (AvgIpc) is 3.10. The van der Waals surface area contributed by atoms with Crippen LogP contribution in [0.15, 0.2) is 42.5 Å². The average molecular weight is 389 g/mol. The molecule has 148 valence electrons. The van der Waals surface area contributed by atoms with Gasteiger partial charge in [-0.25, -0.2) is 0 Å². The first-order valence-electron chi connectivity index (χ1n) is 9.06. The van der Waals surface area contributed by atoms with Crippen molar-refractivity contribution < 1.29 is 22.6 Å². The normalized spacial score (nSPS) is 19.0. The summed E-state index contributed by atoms with van der Waals surface area (Å²) in [5, 5.41) is 3.39. The van der Waals surface area contributed by atoms with Gasteiger partial charge in [-0.1, -0.05) is 24.8 Å². The fourth-order valence-corrected chi connectivity index (χ4v) is 3.29. The zero-order chi connectivity index (χ0) is 20.1. The second kappa shape index (κ2) is 8.57. The Bertz CT molecular complexity index is 866. The van der Waals surface area contributed by atoms with E-state index in [2.05, 4.69) is 24.1 Å². The lowest BCUT2D eigenvalue weighted by Gasteiger charge is -2.17. The number of alkyl halides is 3. The summed E-state index contributed by atoms with van der Waals surface area (Å²) in [7, 11) is 1.58. The molecule has 0 saturated carbocycles. The van der Waals surface area contributed by atoms with Crippen molar-refractivity contribution >= 4 is 0 Å². The van der Waals surface area contributed by atoms with E-state index in [1.165, 1.54) is 17.7 Å². The van der Waals surface area contributed by atoms with Crippen molar-refractivity contribution in [1.82, 2.24) is 5.32 Å². The van der Waals surface area contributed by atoms with Gasteiger partial charge in [-0.05, 0) is 54.4 Å². The van der Waals surface area contributed by atoms with Crippen LogP contribution in [0.2, 0.25) is 0 Å². The molecule has 2 aromatic carbocycles. The summed E-state index contributed by atoms with van der Waals surface area (Å²) in [6.07, 6.45) is -4.34. The van der Waals surface area contributed by atoms with Gasteiger partial charge in [-0.15, -0.1) is 0 Å². The molecule has 2 atom stereocenters. The number of hydrogen-bond donors (Lipinski definition) is 1. The number of halogens is 3. The quantitative estimate of drug-likeness (QED) is 0.783. The molecule has 1 aliphatic heterocycles. The molecule has 3 nitrogen and oxygen atoms in total. The van der Waals surface area contributed by atoms with E-state index >= 15 is 0 Å². The molecular weight excluding hydrogens is 367 g/mol. The molecular formula is C22H22F3NO2. The second-order valence-electron chi connectivity index (χ2n) is 6.82. The lowest BCUT2D eigenvalue weighted by atomic mass is 9.90. The van der Waals surface area contributed by atoms with Gasteiger partial charge in [0.05, 0.1) is 12.7 Å². The van der Waals surface area contributed by atoms with Crippen LogP contribution in [0.3, 0.4) is 0 Å². The number of hydrogen-bond acceptors (Lipinski definition) is 3. The predicted octanol–water partition coefficient (Wildman–Crippen LogP) is 4.47. The molecule has 0 radical (unpaired) electrons. The van der Waals surface area contributed by atoms with E-state index in [4.69, 9.17) is 9.47 Å². The van der Waals surface area contributed by atoms with Crippen LogP contribution in [0.1, 0.15) is 29.5 Å². The maximum absolute atomic E-state index is 12.6. The largest absolute Gasteiger partial charge is 0.493 e.